The Morgan fingerprint density at radius 2 is 2.15 bits per heavy atom. The highest BCUT2D eigenvalue weighted by atomic mass is 16.5. The summed E-state index contributed by atoms with van der Waals surface area (Å²) in [5.74, 6) is 0.386. The molecule has 6 heteroatoms. The fourth-order valence-electron chi connectivity index (χ4n) is 2.85. The molecule has 0 aliphatic rings. The molecule has 0 saturated carbocycles. The van der Waals surface area contributed by atoms with E-state index in [0.29, 0.717) is 6.61 Å². The molecule has 0 saturated heterocycles. The molecule has 0 aliphatic heterocycles. The second kappa shape index (κ2) is 8.52. The summed E-state index contributed by atoms with van der Waals surface area (Å²) in [6.45, 7) is 10.5. The van der Waals surface area contributed by atoms with Gasteiger partial charge < -0.3 is 9.30 Å². The summed E-state index contributed by atoms with van der Waals surface area (Å²) in [4.78, 5) is 12.1. The predicted molar refractivity (Wildman–Crippen MR) is 101 cm³/mol. The van der Waals surface area contributed by atoms with Crippen molar-refractivity contribution in [3.63, 3.8) is 0 Å². The minimum atomic E-state index is -0.571. The topological polar surface area (TPSA) is 72.8 Å². The molecular formula is C20H26N4O2. The number of hydrogen-bond acceptors (Lipinski definition) is 4. The van der Waals surface area contributed by atoms with Gasteiger partial charge in [-0.2, -0.15) is 10.4 Å². The molecule has 0 fully saturated rings. The van der Waals surface area contributed by atoms with Crippen LogP contribution in [0.1, 0.15) is 56.6 Å². The summed E-state index contributed by atoms with van der Waals surface area (Å²) < 4.78 is 9.18. The summed E-state index contributed by atoms with van der Waals surface area (Å²) in [7, 11) is 0. The highest BCUT2D eigenvalue weighted by Crippen LogP contribution is 2.24. The van der Waals surface area contributed by atoms with E-state index in [1.807, 2.05) is 43.7 Å². The number of hydrogen-bond donors (Lipinski definition) is 0. The lowest BCUT2D eigenvalue weighted by Gasteiger charge is -2.15. The van der Waals surface area contributed by atoms with Gasteiger partial charge in [-0.05, 0) is 51.8 Å². The van der Waals surface area contributed by atoms with E-state index >= 15 is 0 Å². The lowest BCUT2D eigenvalue weighted by Crippen LogP contribution is -2.11. The van der Waals surface area contributed by atoms with Crippen LogP contribution in [0.25, 0.3) is 11.9 Å². The molecule has 26 heavy (non-hydrogen) atoms. The first-order valence-corrected chi connectivity index (χ1v) is 8.92. The van der Waals surface area contributed by atoms with Crippen molar-refractivity contribution >= 4 is 12.0 Å². The molecule has 0 bridgehead atoms. The van der Waals surface area contributed by atoms with Gasteiger partial charge in [0.05, 0.1) is 12.8 Å². The maximum absolute atomic E-state index is 12.1. The molecule has 0 radical (unpaired) electrons. The van der Waals surface area contributed by atoms with Crippen LogP contribution in [0.3, 0.4) is 0 Å². The van der Waals surface area contributed by atoms with Crippen molar-refractivity contribution in [2.24, 2.45) is 0 Å². The summed E-state index contributed by atoms with van der Waals surface area (Å²) in [5, 5.41) is 13.7. The Kier molecular flexibility index (Phi) is 6.40. The Balaban J connectivity index is 2.39. The van der Waals surface area contributed by atoms with Crippen LogP contribution in [-0.2, 0) is 9.53 Å². The average Bonchev–Trinajstić information content (AvgIpc) is 3.17. The molecule has 0 unspecified atom stereocenters. The number of unbranched alkanes of at least 4 members (excludes halogenated alkanes) is 1. The van der Waals surface area contributed by atoms with E-state index in [-0.39, 0.29) is 11.6 Å². The quantitative estimate of drug-likeness (QED) is 0.324. The number of nitrogens with zero attached hydrogens (tertiary/aromatic N) is 4. The third-order valence-corrected chi connectivity index (χ3v) is 4.21. The second-order valence-corrected chi connectivity index (χ2v) is 6.55. The van der Waals surface area contributed by atoms with Gasteiger partial charge >= 0.3 is 5.97 Å². The Morgan fingerprint density at radius 3 is 2.77 bits per heavy atom. The van der Waals surface area contributed by atoms with Crippen molar-refractivity contribution in [1.29, 1.82) is 5.26 Å². The van der Waals surface area contributed by atoms with E-state index < -0.39 is 5.97 Å². The van der Waals surface area contributed by atoms with E-state index in [2.05, 4.69) is 23.5 Å². The highest BCUT2D eigenvalue weighted by Gasteiger charge is 2.17. The summed E-state index contributed by atoms with van der Waals surface area (Å²) >= 11 is 0. The fourth-order valence-corrected chi connectivity index (χ4v) is 2.85. The van der Waals surface area contributed by atoms with E-state index in [1.54, 1.807) is 12.3 Å². The van der Waals surface area contributed by atoms with Gasteiger partial charge in [0.15, 0.2) is 0 Å². The van der Waals surface area contributed by atoms with Crippen LogP contribution in [0, 0.1) is 25.2 Å². The maximum Gasteiger partial charge on any atom is 0.348 e. The number of aryl methyl sites for hydroxylation is 1. The van der Waals surface area contributed by atoms with Crippen LogP contribution in [0.4, 0.5) is 0 Å². The second-order valence-electron chi connectivity index (χ2n) is 6.55. The number of rotatable bonds is 7. The zero-order valence-corrected chi connectivity index (χ0v) is 16.1. The molecule has 2 aromatic rings. The number of carbonyl (C=O) groups excluding carboxylic acids is 1. The molecule has 2 rings (SSSR count). The van der Waals surface area contributed by atoms with Gasteiger partial charge in [-0.25, -0.2) is 9.48 Å². The standard InChI is InChI=1S/C20H26N4O2/c1-6-7-10-26-20(25)18(13-21)12-17-11-15(4)23(16(17)5)19-8-9-22-24(19)14(2)3/h8-9,11-12,14H,6-7,10H2,1-5H3/b18-12+. The Hall–Kier alpha value is -2.81. The van der Waals surface area contributed by atoms with Crippen LogP contribution in [0.15, 0.2) is 23.9 Å². The van der Waals surface area contributed by atoms with Gasteiger partial charge in [0.1, 0.15) is 17.5 Å². The summed E-state index contributed by atoms with van der Waals surface area (Å²) in [5.41, 5.74) is 2.79. The van der Waals surface area contributed by atoms with Crippen molar-refractivity contribution in [1.82, 2.24) is 14.3 Å². The van der Waals surface area contributed by atoms with Gasteiger partial charge in [-0.15, -0.1) is 0 Å². The minimum absolute atomic E-state index is 0.0127. The van der Waals surface area contributed by atoms with Crippen molar-refractivity contribution < 1.29 is 9.53 Å². The lowest BCUT2D eigenvalue weighted by molar-refractivity contribution is -0.138. The van der Waals surface area contributed by atoms with Gasteiger partial charge in [0.25, 0.3) is 0 Å². The normalized spacial score (nSPS) is 11.7. The smallest absolute Gasteiger partial charge is 0.348 e. The van der Waals surface area contributed by atoms with E-state index in [4.69, 9.17) is 4.74 Å². The number of esters is 1. The molecule has 0 N–H and O–H groups in total. The van der Waals surface area contributed by atoms with Gasteiger partial charge in [-0.3, -0.25) is 0 Å². The first kappa shape index (κ1) is 19.5. The van der Waals surface area contributed by atoms with Crippen LogP contribution in [0.5, 0.6) is 0 Å². The molecule has 0 amide bonds. The van der Waals surface area contributed by atoms with Crippen LogP contribution in [0.2, 0.25) is 0 Å². The molecule has 6 nitrogen and oxygen atoms in total. The molecular weight excluding hydrogens is 328 g/mol. The van der Waals surface area contributed by atoms with Crippen molar-refractivity contribution in [2.75, 3.05) is 6.61 Å². The van der Waals surface area contributed by atoms with E-state index in [1.165, 1.54) is 0 Å². The number of ether oxygens (including phenoxy) is 1. The molecule has 0 atom stereocenters. The van der Waals surface area contributed by atoms with Crippen LogP contribution >= 0.6 is 0 Å². The van der Waals surface area contributed by atoms with Crippen LogP contribution < -0.4 is 0 Å². The Labute approximate surface area is 154 Å². The van der Waals surface area contributed by atoms with Gasteiger partial charge in [0, 0.05) is 23.5 Å². The molecule has 0 aliphatic carbocycles. The van der Waals surface area contributed by atoms with Crippen molar-refractivity contribution in [2.45, 2.75) is 53.5 Å². The molecule has 0 aromatic carbocycles. The first-order chi connectivity index (χ1) is 12.4. The molecule has 2 aromatic heterocycles. The third kappa shape index (κ3) is 4.05. The Bertz CT molecular complexity index is 850. The van der Waals surface area contributed by atoms with E-state index in [0.717, 1.165) is 35.6 Å². The largest absolute Gasteiger partial charge is 0.462 e. The lowest BCUT2D eigenvalue weighted by atomic mass is 10.1. The summed E-state index contributed by atoms with van der Waals surface area (Å²) in [6.07, 6.45) is 5.10. The monoisotopic (exact) mass is 354 g/mol. The van der Waals surface area contributed by atoms with Crippen molar-refractivity contribution in [3.8, 4) is 11.9 Å². The molecule has 2 heterocycles. The summed E-state index contributed by atoms with van der Waals surface area (Å²) in [6, 6.07) is 6.10. The SMILES string of the molecule is CCCCOC(=O)/C(C#N)=C/c1cc(C)n(-c2ccnn2C(C)C)c1C. The Morgan fingerprint density at radius 1 is 1.42 bits per heavy atom. The van der Waals surface area contributed by atoms with Gasteiger partial charge in [0.2, 0.25) is 0 Å². The first-order valence-electron chi connectivity index (χ1n) is 8.92. The number of carbonyl (C=O) groups is 1. The minimum Gasteiger partial charge on any atom is -0.462 e. The van der Waals surface area contributed by atoms with Crippen LogP contribution in [-0.4, -0.2) is 26.9 Å². The molecule has 0 spiro atoms. The third-order valence-electron chi connectivity index (χ3n) is 4.21. The molecule has 138 valence electrons. The fraction of sp³-hybridized carbons (Fsp3) is 0.450. The zero-order chi connectivity index (χ0) is 19.3. The average molecular weight is 354 g/mol. The van der Waals surface area contributed by atoms with E-state index in [9.17, 15) is 10.1 Å². The maximum atomic E-state index is 12.1. The highest BCUT2D eigenvalue weighted by molar-refractivity contribution is 5.98. The number of aromatic nitrogens is 3. The predicted octanol–water partition coefficient (Wildman–Crippen LogP) is 4.12. The zero-order valence-electron chi connectivity index (χ0n) is 16.1. The number of nitriles is 1. The van der Waals surface area contributed by atoms with Gasteiger partial charge in [-0.1, -0.05) is 13.3 Å². The van der Waals surface area contributed by atoms with Crippen molar-refractivity contribution in [3.05, 3.63) is 40.9 Å².